The lowest BCUT2D eigenvalue weighted by Gasteiger charge is -2.29. The van der Waals surface area contributed by atoms with Gasteiger partial charge in [-0.05, 0) is 36.4 Å². The third kappa shape index (κ3) is 2.05. The molecule has 1 aromatic heterocycles. The van der Waals surface area contributed by atoms with E-state index in [1.165, 1.54) is 0 Å². The minimum atomic E-state index is -2.43. The molecule has 1 atom stereocenters. The van der Waals surface area contributed by atoms with Gasteiger partial charge < -0.3 is 9.12 Å². The Kier molecular flexibility index (Phi) is 2.88. The second-order valence-corrected chi connectivity index (χ2v) is 6.78. The molecular formula is C16H15NOS. The highest BCUT2D eigenvalue weighted by Crippen LogP contribution is 2.58. The number of fused-ring (bicyclic) bond motifs is 1. The molecule has 0 aliphatic heterocycles. The van der Waals surface area contributed by atoms with Gasteiger partial charge >= 0.3 is 0 Å². The maximum absolute atomic E-state index is 10.7. The minimum absolute atomic E-state index is 0.769. The van der Waals surface area contributed by atoms with Crippen molar-refractivity contribution in [2.75, 3.05) is 0 Å². The van der Waals surface area contributed by atoms with Crippen molar-refractivity contribution in [3.63, 3.8) is 0 Å². The molecular weight excluding hydrogens is 254 g/mol. The third-order valence-electron chi connectivity index (χ3n) is 3.32. The fraction of sp³-hybridized carbons (Fsp3) is 0.0625. The molecule has 96 valence electrons. The topological polar surface area (TPSA) is 25.2 Å². The largest absolute Gasteiger partial charge is 0.351 e. The summed E-state index contributed by atoms with van der Waals surface area (Å²) in [4.78, 5) is 1.54. The molecule has 2 aromatic carbocycles. The molecule has 0 fully saturated rings. The first-order chi connectivity index (χ1) is 9.09. The van der Waals surface area contributed by atoms with Crippen molar-refractivity contribution >= 4 is 21.2 Å². The van der Waals surface area contributed by atoms with Crippen LogP contribution < -0.4 is 0 Å². The van der Waals surface area contributed by atoms with Crippen LogP contribution in [0.25, 0.3) is 10.9 Å². The molecule has 0 spiro atoms. The Labute approximate surface area is 114 Å². The second kappa shape index (κ2) is 4.44. The van der Waals surface area contributed by atoms with Gasteiger partial charge in [0.25, 0.3) is 0 Å². The van der Waals surface area contributed by atoms with Crippen LogP contribution in [0.2, 0.25) is 0 Å². The second-order valence-electron chi connectivity index (χ2n) is 4.59. The zero-order valence-corrected chi connectivity index (χ0v) is 11.5. The maximum atomic E-state index is 10.7. The monoisotopic (exact) mass is 269 g/mol. The van der Waals surface area contributed by atoms with Gasteiger partial charge in [0.1, 0.15) is 0 Å². The van der Waals surface area contributed by atoms with Crippen molar-refractivity contribution in [2.45, 2.75) is 9.79 Å². The van der Waals surface area contributed by atoms with Crippen LogP contribution in [0.4, 0.5) is 0 Å². The van der Waals surface area contributed by atoms with E-state index in [0.717, 1.165) is 20.7 Å². The Hall–Kier alpha value is -1.71. The summed E-state index contributed by atoms with van der Waals surface area (Å²) >= 11 is 0. The zero-order chi connectivity index (χ0) is 13.5. The quantitative estimate of drug-likeness (QED) is 0.725. The van der Waals surface area contributed by atoms with Crippen LogP contribution >= 0.6 is 10.3 Å². The number of hydrogen-bond acceptors (Lipinski definition) is 1. The van der Waals surface area contributed by atoms with Crippen LogP contribution in [0.1, 0.15) is 0 Å². The van der Waals surface area contributed by atoms with Gasteiger partial charge in [-0.3, -0.25) is 0 Å². The molecule has 3 aromatic rings. The average Bonchev–Trinajstić information content (AvgIpc) is 2.81. The van der Waals surface area contributed by atoms with Crippen LogP contribution in [0.15, 0.2) is 70.6 Å². The summed E-state index contributed by atoms with van der Waals surface area (Å²) < 4.78 is 12.7. The smallest absolute Gasteiger partial charge is 0.0478 e. The average molecular weight is 269 g/mol. The maximum Gasteiger partial charge on any atom is 0.0478 e. The molecule has 0 amide bonds. The minimum Gasteiger partial charge on any atom is -0.351 e. The van der Waals surface area contributed by atoms with E-state index < -0.39 is 10.3 Å². The molecule has 0 aliphatic rings. The first-order valence-corrected chi connectivity index (χ1v) is 7.68. The molecule has 1 N–H and O–H groups in total. The fourth-order valence-electron chi connectivity index (χ4n) is 2.22. The lowest BCUT2D eigenvalue weighted by atomic mass is 10.2. The SMILES string of the molecule is [CH]S(O)(c1ccccc1)c1ccc2c(ccn2C)c1. The Bertz CT molecular complexity index is 716. The molecule has 0 saturated carbocycles. The van der Waals surface area contributed by atoms with Gasteiger partial charge in [-0.25, -0.2) is 0 Å². The number of aryl methyl sites for hydroxylation is 1. The van der Waals surface area contributed by atoms with Crippen LogP contribution in [0, 0.1) is 6.26 Å². The predicted octanol–water partition coefficient (Wildman–Crippen LogP) is 4.54. The summed E-state index contributed by atoms with van der Waals surface area (Å²) in [6.45, 7) is 0. The van der Waals surface area contributed by atoms with Crippen molar-refractivity contribution in [3.8, 4) is 0 Å². The van der Waals surface area contributed by atoms with E-state index in [9.17, 15) is 4.55 Å². The van der Waals surface area contributed by atoms with E-state index in [-0.39, 0.29) is 0 Å². The van der Waals surface area contributed by atoms with Crippen molar-refractivity contribution in [1.82, 2.24) is 4.57 Å². The highest BCUT2D eigenvalue weighted by molar-refractivity contribution is 8.30. The highest BCUT2D eigenvalue weighted by atomic mass is 32.3. The molecule has 3 rings (SSSR count). The van der Waals surface area contributed by atoms with Gasteiger partial charge in [-0.1, -0.05) is 28.5 Å². The number of hydrogen-bond donors (Lipinski definition) is 1. The molecule has 2 radical (unpaired) electrons. The number of nitrogens with zero attached hydrogens (tertiary/aromatic N) is 1. The van der Waals surface area contributed by atoms with Crippen molar-refractivity contribution in [1.29, 1.82) is 0 Å². The summed E-state index contributed by atoms with van der Waals surface area (Å²) in [5.41, 5.74) is 1.13. The van der Waals surface area contributed by atoms with E-state index in [4.69, 9.17) is 6.26 Å². The normalized spacial score (nSPS) is 16.2. The van der Waals surface area contributed by atoms with E-state index in [1.54, 1.807) is 0 Å². The lowest BCUT2D eigenvalue weighted by molar-refractivity contribution is 0.633. The van der Waals surface area contributed by atoms with E-state index in [1.807, 2.05) is 72.4 Å². The van der Waals surface area contributed by atoms with Crippen molar-refractivity contribution < 1.29 is 4.55 Å². The number of rotatable bonds is 2. The summed E-state index contributed by atoms with van der Waals surface area (Å²) in [5, 5.41) is 1.09. The highest BCUT2D eigenvalue weighted by Gasteiger charge is 2.20. The first-order valence-electron chi connectivity index (χ1n) is 6.03. The molecule has 0 saturated heterocycles. The Morgan fingerprint density at radius 1 is 1.00 bits per heavy atom. The third-order valence-corrected chi connectivity index (χ3v) is 5.28. The molecule has 2 nitrogen and oxygen atoms in total. The number of aromatic nitrogens is 1. The molecule has 0 bridgehead atoms. The number of benzene rings is 2. The summed E-state index contributed by atoms with van der Waals surface area (Å²) in [6, 6.07) is 17.3. The fourth-order valence-corrected chi connectivity index (χ4v) is 3.64. The van der Waals surface area contributed by atoms with Crippen LogP contribution in [0.3, 0.4) is 0 Å². The lowest BCUT2D eigenvalue weighted by Crippen LogP contribution is -1.96. The van der Waals surface area contributed by atoms with Crippen molar-refractivity contribution in [2.24, 2.45) is 7.05 Å². The van der Waals surface area contributed by atoms with Gasteiger partial charge in [0.2, 0.25) is 0 Å². The molecule has 1 unspecified atom stereocenters. The van der Waals surface area contributed by atoms with Crippen LogP contribution in [0.5, 0.6) is 0 Å². The molecule has 3 heteroatoms. The summed E-state index contributed by atoms with van der Waals surface area (Å²) in [6.07, 6.45) is 8.19. The Balaban J connectivity index is 2.13. The first kappa shape index (κ1) is 12.3. The van der Waals surface area contributed by atoms with Gasteiger partial charge in [0, 0.05) is 40.2 Å². The summed E-state index contributed by atoms with van der Waals surface area (Å²) in [7, 11) is -0.430. The zero-order valence-electron chi connectivity index (χ0n) is 10.7. The van der Waals surface area contributed by atoms with Crippen molar-refractivity contribution in [3.05, 3.63) is 67.0 Å². The van der Waals surface area contributed by atoms with Gasteiger partial charge in [-0.2, -0.15) is 0 Å². The summed E-state index contributed by atoms with van der Waals surface area (Å²) in [5.74, 6) is 0. The van der Waals surface area contributed by atoms with Gasteiger partial charge in [0.05, 0.1) is 0 Å². The predicted molar refractivity (Wildman–Crippen MR) is 80.4 cm³/mol. The Morgan fingerprint density at radius 2 is 1.74 bits per heavy atom. The van der Waals surface area contributed by atoms with E-state index >= 15 is 0 Å². The van der Waals surface area contributed by atoms with Gasteiger partial charge in [-0.15, -0.1) is 0 Å². The van der Waals surface area contributed by atoms with Crippen LogP contribution in [-0.4, -0.2) is 9.12 Å². The van der Waals surface area contributed by atoms with Crippen LogP contribution in [-0.2, 0) is 7.05 Å². The molecule has 19 heavy (non-hydrogen) atoms. The molecule has 0 aliphatic carbocycles. The molecule has 1 heterocycles. The standard InChI is InChI=1S/C16H15NOS/c1-17-11-10-13-12-15(8-9-16(13)17)19(2,18)14-6-4-3-5-7-14/h2-12,18H,1H3. The van der Waals surface area contributed by atoms with E-state index in [2.05, 4.69) is 0 Å². The Morgan fingerprint density at radius 3 is 2.47 bits per heavy atom. The van der Waals surface area contributed by atoms with E-state index in [0.29, 0.717) is 0 Å². The van der Waals surface area contributed by atoms with Gasteiger partial charge in [0.15, 0.2) is 0 Å².